The average molecular weight is 424 g/mol. The third kappa shape index (κ3) is 6.07. The molecule has 0 spiro atoms. The molecule has 1 unspecified atom stereocenters. The Hall–Kier alpha value is -3.35. The highest BCUT2D eigenvalue weighted by atomic mass is 16.5. The molecule has 1 aromatic heterocycles. The maximum Gasteiger partial charge on any atom is 0.223 e. The zero-order chi connectivity index (χ0) is 22.2. The number of ether oxygens (including phenoxy) is 2. The Labute approximate surface area is 183 Å². The highest BCUT2D eigenvalue weighted by Crippen LogP contribution is 2.22. The summed E-state index contributed by atoms with van der Waals surface area (Å²) in [6, 6.07) is 15.6. The number of carbonyl (C=O) groups is 1. The molecule has 7 heteroatoms. The zero-order valence-corrected chi connectivity index (χ0v) is 18.5. The van der Waals surface area contributed by atoms with Gasteiger partial charge >= 0.3 is 0 Å². The third-order valence-corrected chi connectivity index (χ3v) is 5.42. The van der Waals surface area contributed by atoms with Crippen molar-refractivity contribution in [1.82, 2.24) is 15.1 Å². The Kier molecular flexibility index (Phi) is 7.65. The van der Waals surface area contributed by atoms with Crippen molar-refractivity contribution in [2.24, 2.45) is 0 Å². The minimum absolute atomic E-state index is 0.0290. The van der Waals surface area contributed by atoms with Crippen molar-refractivity contribution in [1.29, 1.82) is 0 Å². The van der Waals surface area contributed by atoms with E-state index in [1.54, 1.807) is 19.1 Å². The van der Waals surface area contributed by atoms with Crippen LogP contribution in [0.2, 0.25) is 0 Å². The van der Waals surface area contributed by atoms with Crippen LogP contribution in [0.15, 0.2) is 52.9 Å². The van der Waals surface area contributed by atoms with Gasteiger partial charge in [-0.3, -0.25) is 4.79 Å². The van der Waals surface area contributed by atoms with Gasteiger partial charge < -0.3 is 18.8 Å². The van der Waals surface area contributed by atoms with Gasteiger partial charge in [-0.1, -0.05) is 24.3 Å². The van der Waals surface area contributed by atoms with Crippen LogP contribution in [0.4, 0.5) is 0 Å². The highest BCUT2D eigenvalue weighted by molar-refractivity contribution is 5.76. The lowest BCUT2D eigenvalue weighted by Gasteiger charge is -2.25. The number of methoxy groups -OCH3 is 2. The fourth-order valence-corrected chi connectivity index (χ4v) is 3.25. The van der Waals surface area contributed by atoms with Crippen LogP contribution in [0.3, 0.4) is 0 Å². The van der Waals surface area contributed by atoms with E-state index in [2.05, 4.69) is 10.2 Å². The highest BCUT2D eigenvalue weighted by Gasteiger charge is 2.18. The van der Waals surface area contributed by atoms with Gasteiger partial charge in [0.15, 0.2) is 0 Å². The first-order valence-corrected chi connectivity index (χ1v) is 10.3. The summed E-state index contributed by atoms with van der Waals surface area (Å²) in [4.78, 5) is 14.4. The number of hydrogen-bond acceptors (Lipinski definition) is 6. The second-order valence-corrected chi connectivity index (χ2v) is 7.39. The van der Waals surface area contributed by atoms with E-state index in [4.69, 9.17) is 13.9 Å². The van der Waals surface area contributed by atoms with Crippen LogP contribution in [-0.4, -0.2) is 42.3 Å². The summed E-state index contributed by atoms with van der Waals surface area (Å²) in [7, 11) is 5.10. The van der Waals surface area contributed by atoms with Gasteiger partial charge in [-0.25, -0.2) is 0 Å². The van der Waals surface area contributed by atoms with Crippen molar-refractivity contribution in [3.05, 3.63) is 71.4 Å². The molecule has 0 aliphatic rings. The lowest BCUT2D eigenvalue weighted by atomic mass is 10.1. The molecule has 0 bridgehead atoms. The molecule has 1 atom stereocenters. The average Bonchev–Trinajstić information content (AvgIpc) is 3.28. The third-order valence-electron chi connectivity index (χ3n) is 5.42. The van der Waals surface area contributed by atoms with E-state index in [0.717, 1.165) is 23.5 Å². The van der Waals surface area contributed by atoms with Crippen molar-refractivity contribution in [3.63, 3.8) is 0 Å². The minimum atomic E-state index is -0.0406. The monoisotopic (exact) mass is 423 g/mol. The topological polar surface area (TPSA) is 77.7 Å². The van der Waals surface area contributed by atoms with Gasteiger partial charge in [0.25, 0.3) is 0 Å². The summed E-state index contributed by atoms with van der Waals surface area (Å²) in [5, 5.41) is 8.20. The first-order chi connectivity index (χ1) is 15.0. The smallest absolute Gasteiger partial charge is 0.223 e. The number of aryl methyl sites for hydroxylation is 3. The van der Waals surface area contributed by atoms with Crippen molar-refractivity contribution in [2.45, 2.75) is 38.6 Å². The number of carbonyl (C=O) groups excluding carboxylic acids is 1. The van der Waals surface area contributed by atoms with Gasteiger partial charge in [0.1, 0.15) is 11.5 Å². The number of nitrogens with zero attached hydrogens (tertiary/aromatic N) is 3. The Morgan fingerprint density at radius 1 is 0.903 bits per heavy atom. The fraction of sp³-hybridized carbons (Fsp3) is 0.375. The summed E-state index contributed by atoms with van der Waals surface area (Å²) < 4.78 is 16.1. The van der Waals surface area contributed by atoms with Crippen molar-refractivity contribution in [3.8, 4) is 11.5 Å². The van der Waals surface area contributed by atoms with Gasteiger partial charge in [-0.15, -0.1) is 10.2 Å². The molecule has 3 rings (SSSR count). The zero-order valence-electron chi connectivity index (χ0n) is 18.5. The molecule has 3 aromatic rings. The molecule has 2 aromatic carbocycles. The SMILES string of the molecule is COc1ccc(CCc2nnc(CCC(=O)N(C)C(C)c3ccc(OC)cc3)o2)cc1. The van der Waals surface area contributed by atoms with Gasteiger partial charge in [0, 0.05) is 26.3 Å². The number of rotatable bonds is 10. The predicted molar refractivity (Wildman–Crippen MR) is 117 cm³/mol. The van der Waals surface area contributed by atoms with E-state index in [9.17, 15) is 4.79 Å². The molecule has 1 amide bonds. The number of hydrogen-bond donors (Lipinski definition) is 0. The maximum absolute atomic E-state index is 12.6. The molecule has 1 heterocycles. The van der Waals surface area contributed by atoms with Gasteiger partial charge in [0.2, 0.25) is 17.7 Å². The molecule has 0 aliphatic heterocycles. The van der Waals surface area contributed by atoms with E-state index in [1.807, 2.05) is 62.5 Å². The maximum atomic E-state index is 12.6. The first kappa shape index (κ1) is 22.3. The number of benzene rings is 2. The van der Waals surface area contributed by atoms with Crippen LogP contribution in [0.25, 0.3) is 0 Å². The quantitative estimate of drug-likeness (QED) is 0.490. The molecule has 0 saturated carbocycles. The molecule has 164 valence electrons. The van der Waals surface area contributed by atoms with Crippen LogP contribution >= 0.6 is 0 Å². The number of aromatic nitrogens is 2. The molecule has 31 heavy (non-hydrogen) atoms. The van der Waals surface area contributed by atoms with Gasteiger partial charge in [0.05, 0.1) is 20.3 Å². The van der Waals surface area contributed by atoms with E-state index in [1.165, 1.54) is 5.56 Å². The van der Waals surface area contributed by atoms with Gasteiger partial charge in [-0.2, -0.15) is 0 Å². The summed E-state index contributed by atoms with van der Waals surface area (Å²) in [6.07, 6.45) is 2.19. The molecule has 0 saturated heterocycles. The van der Waals surface area contributed by atoms with Crippen LogP contribution in [0.1, 0.15) is 42.3 Å². The van der Waals surface area contributed by atoms with Gasteiger partial charge in [-0.05, 0) is 48.7 Å². The van der Waals surface area contributed by atoms with Crippen molar-refractivity contribution >= 4 is 5.91 Å². The van der Waals surface area contributed by atoms with Crippen LogP contribution < -0.4 is 9.47 Å². The molecule has 0 radical (unpaired) electrons. The summed E-state index contributed by atoms with van der Waals surface area (Å²) >= 11 is 0. The van der Waals surface area contributed by atoms with E-state index < -0.39 is 0 Å². The van der Waals surface area contributed by atoms with Crippen LogP contribution in [0, 0.1) is 0 Å². The number of amides is 1. The second-order valence-electron chi connectivity index (χ2n) is 7.39. The van der Waals surface area contributed by atoms with Crippen LogP contribution in [-0.2, 0) is 24.1 Å². The molecular formula is C24H29N3O4. The van der Waals surface area contributed by atoms with E-state index >= 15 is 0 Å². The van der Waals surface area contributed by atoms with Crippen molar-refractivity contribution in [2.75, 3.05) is 21.3 Å². The molecule has 0 N–H and O–H groups in total. The standard InChI is InChI=1S/C24H29N3O4/c1-17(19-8-12-21(30-4)13-9-19)27(2)24(28)16-15-23-26-25-22(31-23)14-7-18-5-10-20(29-3)11-6-18/h5-6,8-13,17H,7,14-16H2,1-4H3. The lowest BCUT2D eigenvalue weighted by molar-refractivity contribution is -0.131. The Balaban J connectivity index is 1.47. The molecular weight excluding hydrogens is 394 g/mol. The van der Waals surface area contributed by atoms with Crippen molar-refractivity contribution < 1.29 is 18.7 Å². The van der Waals surface area contributed by atoms with E-state index in [-0.39, 0.29) is 11.9 Å². The molecule has 0 aliphatic carbocycles. The summed E-state index contributed by atoms with van der Waals surface area (Å²) in [6.45, 7) is 2.00. The minimum Gasteiger partial charge on any atom is -0.497 e. The Bertz CT molecular complexity index is 967. The predicted octanol–water partition coefficient (Wildman–Crippen LogP) is 4.02. The summed E-state index contributed by atoms with van der Waals surface area (Å²) in [5.41, 5.74) is 2.22. The fourth-order valence-electron chi connectivity index (χ4n) is 3.25. The summed E-state index contributed by atoms with van der Waals surface area (Å²) in [5.74, 6) is 2.73. The van der Waals surface area contributed by atoms with Crippen LogP contribution in [0.5, 0.6) is 11.5 Å². The molecule has 7 nitrogen and oxygen atoms in total. The van der Waals surface area contributed by atoms with E-state index in [0.29, 0.717) is 31.0 Å². The lowest BCUT2D eigenvalue weighted by Crippen LogP contribution is -2.29. The largest absolute Gasteiger partial charge is 0.497 e. The normalized spacial score (nSPS) is 11.7. The second kappa shape index (κ2) is 10.6. The first-order valence-electron chi connectivity index (χ1n) is 10.3. The Morgan fingerprint density at radius 2 is 1.45 bits per heavy atom. The molecule has 0 fully saturated rings. The Morgan fingerprint density at radius 3 is 2.03 bits per heavy atom.